The standard InChI is InChI=1S/C19H14ClF5N6O4/c1-18(32,19(23,24)25)8-3-10(21)9(20)4-12(8)28-16-26-7-27-17(30-16)29-13-6-14(31(33)34)11(22)5-15(13)35-2/h3-7,32H,1-2H3,(H2,26,27,28,29,30). The van der Waals surface area contributed by atoms with E-state index in [4.69, 9.17) is 16.3 Å². The van der Waals surface area contributed by atoms with E-state index in [1.807, 2.05) is 0 Å². The Bertz CT molecular complexity index is 1290. The van der Waals surface area contributed by atoms with E-state index in [9.17, 15) is 37.2 Å². The monoisotopic (exact) mass is 520 g/mol. The predicted octanol–water partition coefficient (Wildman–Crippen LogP) is 4.98. The number of halogens is 6. The van der Waals surface area contributed by atoms with Crippen molar-refractivity contribution in [2.45, 2.75) is 18.7 Å². The van der Waals surface area contributed by atoms with Crippen LogP contribution in [-0.4, -0.2) is 38.3 Å². The minimum absolute atomic E-state index is 0.108. The Hall–Kier alpha value is -3.85. The van der Waals surface area contributed by atoms with Gasteiger partial charge in [0.25, 0.3) is 0 Å². The highest BCUT2D eigenvalue weighted by atomic mass is 35.5. The predicted molar refractivity (Wildman–Crippen MR) is 113 cm³/mol. The summed E-state index contributed by atoms with van der Waals surface area (Å²) in [6.45, 7) is 0.426. The van der Waals surface area contributed by atoms with Gasteiger partial charge in [0.1, 0.15) is 17.9 Å². The van der Waals surface area contributed by atoms with Crippen molar-refractivity contribution in [2.75, 3.05) is 17.7 Å². The number of nitrogens with one attached hydrogen (secondary N) is 2. The first-order valence-corrected chi connectivity index (χ1v) is 9.66. The molecule has 3 rings (SSSR count). The lowest BCUT2D eigenvalue weighted by molar-refractivity contribution is -0.387. The lowest BCUT2D eigenvalue weighted by Gasteiger charge is -2.29. The first-order valence-electron chi connectivity index (χ1n) is 9.28. The van der Waals surface area contributed by atoms with Gasteiger partial charge in [-0.1, -0.05) is 11.6 Å². The van der Waals surface area contributed by atoms with Crippen LogP contribution in [0.2, 0.25) is 5.02 Å². The van der Waals surface area contributed by atoms with Gasteiger partial charge in [-0.3, -0.25) is 10.1 Å². The lowest BCUT2D eigenvalue weighted by atomic mass is 9.93. The number of hydrogen-bond donors (Lipinski definition) is 3. The summed E-state index contributed by atoms with van der Waals surface area (Å²) in [5.74, 6) is -3.16. The van der Waals surface area contributed by atoms with Gasteiger partial charge in [-0.25, -0.2) is 14.4 Å². The quantitative estimate of drug-likeness (QED) is 0.224. The molecule has 0 fully saturated rings. The van der Waals surface area contributed by atoms with Gasteiger partial charge in [0, 0.05) is 23.4 Å². The molecule has 0 aliphatic heterocycles. The van der Waals surface area contributed by atoms with Crippen molar-refractivity contribution in [2.24, 2.45) is 0 Å². The fraction of sp³-hybridized carbons (Fsp3) is 0.211. The first-order chi connectivity index (χ1) is 16.2. The number of aromatic nitrogens is 3. The average Bonchev–Trinajstić information content (AvgIpc) is 2.76. The number of nitrogens with zero attached hydrogens (tertiary/aromatic N) is 4. The molecule has 0 spiro atoms. The minimum atomic E-state index is -5.18. The van der Waals surface area contributed by atoms with E-state index in [0.717, 1.165) is 24.5 Å². The SMILES string of the molecule is COc1cc(F)c([N+](=O)[O-])cc1Nc1ncnc(Nc2cc(Cl)c(F)cc2C(C)(O)C(F)(F)F)n1. The Morgan fingerprint density at radius 2 is 1.66 bits per heavy atom. The lowest BCUT2D eigenvalue weighted by Crippen LogP contribution is -2.39. The Morgan fingerprint density at radius 3 is 2.20 bits per heavy atom. The number of benzene rings is 2. The Kier molecular flexibility index (Phi) is 6.94. The van der Waals surface area contributed by atoms with E-state index < -0.39 is 50.3 Å². The maximum atomic E-state index is 13.9. The summed E-state index contributed by atoms with van der Waals surface area (Å²) in [6, 6.07) is 2.80. The van der Waals surface area contributed by atoms with Crippen LogP contribution < -0.4 is 15.4 Å². The molecule has 16 heteroatoms. The number of anilines is 4. The van der Waals surface area contributed by atoms with Crippen LogP contribution in [0.3, 0.4) is 0 Å². The third kappa shape index (κ3) is 5.30. The fourth-order valence-electron chi connectivity index (χ4n) is 2.81. The highest BCUT2D eigenvalue weighted by Crippen LogP contribution is 2.43. The Balaban J connectivity index is 2.00. The molecule has 35 heavy (non-hydrogen) atoms. The number of nitro groups is 1. The molecular formula is C19H14ClF5N6O4. The molecule has 1 heterocycles. The van der Waals surface area contributed by atoms with Crippen molar-refractivity contribution in [3.8, 4) is 5.75 Å². The molecule has 2 aromatic carbocycles. The van der Waals surface area contributed by atoms with E-state index in [2.05, 4.69) is 25.6 Å². The molecule has 186 valence electrons. The van der Waals surface area contributed by atoms with E-state index >= 15 is 0 Å². The maximum Gasteiger partial charge on any atom is 0.421 e. The van der Waals surface area contributed by atoms with Crippen molar-refractivity contribution < 1.29 is 36.7 Å². The molecule has 3 N–H and O–H groups in total. The molecular weight excluding hydrogens is 507 g/mol. The highest BCUT2D eigenvalue weighted by molar-refractivity contribution is 6.31. The molecule has 0 bridgehead atoms. The summed E-state index contributed by atoms with van der Waals surface area (Å²) in [7, 11) is 1.18. The van der Waals surface area contributed by atoms with Crippen LogP contribution in [0.4, 0.5) is 50.9 Å². The van der Waals surface area contributed by atoms with Gasteiger partial charge in [-0.2, -0.15) is 22.5 Å². The van der Waals surface area contributed by atoms with Crippen LogP contribution in [0.15, 0.2) is 30.6 Å². The van der Waals surface area contributed by atoms with Crippen LogP contribution >= 0.6 is 11.6 Å². The van der Waals surface area contributed by atoms with Gasteiger partial charge < -0.3 is 20.5 Å². The van der Waals surface area contributed by atoms with Crippen LogP contribution in [-0.2, 0) is 5.60 Å². The second-order valence-electron chi connectivity index (χ2n) is 7.03. The van der Waals surface area contributed by atoms with Crippen molar-refractivity contribution >= 4 is 40.6 Å². The summed E-state index contributed by atoms with van der Waals surface area (Å²) in [6.07, 6.45) is -4.25. The number of rotatable bonds is 7. The summed E-state index contributed by atoms with van der Waals surface area (Å²) >= 11 is 5.70. The van der Waals surface area contributed by atoms with Crippen LogP contribution in [0.25, 0.3) is 0 Å². The van der Waals surface area contributed by atoms with Crippen LogP contribution in [0.1, 0.15) is 12.5 Å². The molecule has 0 saturated carbocycles. The number of aliphatic hydroxyl groups is 1. The zero-order chi connectivity index (χ0) is 26.1. The van der Waals surface area contributed by atoms with Crippen LogP contribution in [0, 0.1) is 21.7 Å². The maximum absolute atomic E-state index is 13.9. The third-order valence-electron chi connectivity index (χ3n) is 4.67. The van der Waals surface area contributed by atoms with Crippen molar-refractivity contribution in [1.29, 1.82) is 0 Å². The summed E-state index contributed by atoms with van der Waals surface area (Å²) in [4.78, 5) is 21.5. The molecule has 1 aromatic heterocycles. The highest BCUT2D eigenvalue weighted by Gasteiger charge is 2.52. The summed E-state index contributed by atoms with van der Waals surface area (Å²) < 4.78 is 72.9. The zero-order valence-corrected chi connectivity index (χ0v) is 18.4. The van der Waals surface area contributed by atoms with E-state index in [1.54, 1.807) is 0 Å². The van der Waals surface area contributed by atoms with Crippen LogP contribution in [0.5, 0.6) is 5.75 Å². The van der Waals surface area contributed by atoms with E-state index in [1.165, 1.54) is 7.11 Å². The van der Waals surface area contributed by atoms with Gasteiger partial charge in [0.15, 0.2) is 5.60 Å². The zero-order valence-electron chi connectivity index (χ0n) is 17.6. The molecule has 0 radical (unpaired) electrons. The largest absolute Gasteiger partial charge is 0.494 e. The molecule has 1 atom stereocenters. The van der Waals surface area contributed by atoms with Gasteiger partial charge in [0.2, 0.25) is 17.7 Å². The minimum Gasteiger partial charge on any atom is -0.494 e. The van der Waals surface area contributed by atoms with E-state index in [-0.39, 0.29) is 23.3 Å². The topological polar surface area (TPSA) is 135 Å². The summed E-state index contributed by atoms with van der Waals surface area (Å²) in [5.41, 5.74) is -5.83. The number of hydrogen-bond acceptors (Lipinski definition) is 9. The van der Waals surface area contributed by atoms with Gasteiger partial charge in [-0.05, 0) is 19.1 Å². The molecule has 10 nitrogen and oxygen atoms in total. The molecule has 3 aromatic rings. The fourth-order valence-corrected chi connectivity index (χ4v) is 2.98. The van der Waals surface area contributed by atoms with Crippen molar-refractivity contribution in [3.05, 3.63) is 62.9 Å². The van der Waals surface area contributed by atoms with Gasteiger partial charge in [-0.15, -0.1) is 0 Å². The third-order valence-corrected chi connectivity index (χ3v) is 4.96. The Labute approximate surface area is 197 Å². The number of alkyl halides is 3. The molecule has 0 aliphatic carbocycles. The first kappa shape index (κ1) is 25.8. The smallest absolute Gasteiger partial charge is 0.421 e. The normalized spacial score (nSPS) is 13.2. The molecule has 0 amide bonds. The number of nitro benzene ring substituents is 1. The second-order valence-corrected chi connectivity index (χ2v) is 7.43. The summed E-state index contributed by atoms with van der Waals surface area (Å²) in [5, 5.41) is 25.5. The average molecular weight is 521 g/mol. The Morgan fingerprint density at radius 1 is 1.06 bits per heavy atom. The van der Waals surface area contributed by atoms with Gasteiger partial charge in [0.05, 0.1) is 22.7 Å². The number of ether oxygens (including phenoxy) is 1. The molecule has 1 unspecified atom stereocenters. The van der Waals surface area contributed by atoms with Gasteiger partial charge >= 0.3 is 11.9 Å². The second kappa shape index (κ2) is 9.42. The molecule has 0 saturated heterocycles. The molecule has 0 aliphatic rings. The van der Waals surface area contributed by atoms with E-state index in [0.29, 0.717) is 13.0 Å². The number of methoxy groups -OCH3 is 1. The van der Waals surface area contributed by atoms with Crippen molar-refractivity contribution in [3.63, 3.8) is 0 Å². The van der Waals surface area contributed by atoms with Crippen molar-refractivity contribution in [1.82, 2.24) is 15.0 Å².